The van der Waals surface area contributed by atoms with Crippen molar-refractivity contribution in [3.63, 3.8) is 0 Å². The van der Waals surface area contributed by atoms with Gasteiger partial charge in [0.05, 0.1) is 42.7 Å². The fraction of sp³-hybridized carbons (Fsp3) is 0.294. The molecule has 4 aromatic carbocycles. The predicted octanol–water partition coefficient (Wildman–Crippen LogP) is 6.39. The van der Waals surface area contributed by atoms with Crippen LogP contribution in [-0.4, -0.2) is 52.9 Å². The summed E-state index contributed by atoms with van der Waals surface area (Å²) in [6.45, 7) is 0. The molecule has 0 aliphatic rings. The number of ether oxygens (including phenoxy) is 6. The predicted molar refractivity (Wildman–Crippen MR) is 162 cm³/mol. The fourth-order valence-electron chi connectivity index (χ4n) is 5.03. The Bertz CT molecular complexity index is 1360. The largest absolute Gasteiger partial charge is 0.508 e. The fourth-order valence-corrected chi connectivity index (χ4v) is 5.03. The van der Waals surface area contributed by atoms with Crippen LogP contribution in [0.2, 0.25) is 0 Å². The quantitative estimate of drug-likeness (QED) is 0.190. The minimum atomic E-state index is 0.200. The summed E-state index contributed by atoms with van der Waals surface area (Å²) >= 11 is 0. The van der Waals surface area contributed by atoms with E-state index in [1.165, 1.54) is 0 Å². The number of aryl methyl sites for hydroxylation is 4. The lowest BCUT2D eigenvalue weighted by molar-refractivity contribution is 0.323. The standard InChI is InChI=1S/C34H38O8/c1-37-29-15-21(16-30(38-2)33(29)41-5)7-9-23-11-13-25(19-27(23)35)26-14-12-24(28(36)20-26)10-8-22-17-31(39-3)34(42-6)32(18-22)40-4/h11-20,35-36H,7-10H2,1-6H3. The highest BCUT2D eigenvalue weighted by molar-refractivity contribution is 5.68. The number of hydrogen-bond donors (Lipinski definition) is 2. The molecule has 0 saturated carbocycles. The second-order valence-corrected chi connectivity index (χ2v) is 9.75. The summed E-state index contributed by atoms with van der Waals surface area (Å²) in [4.78, 5) is 0. The van der Waals surface area contributed by atoms with Gasteiger partial charge in [-0.25, -0.2) is 0 Å². The molecule has 2 N–H and O–H groups in total. The van der Waals surface area contributed by atoms with Crippen LogP contribution in [0.4, 0.5) is 0 Å². The van der Waals surface area contributed by atoms with E-state index in [2.05, 4.69) is 0 Å². The summed E-state index contributed by atoms with van der Waals surface area (Å²) in [6, 6.07) is 18.9. The van der Waals surface area contributed by atoms with Crippen LogP contribution in [0.15, 0.2) is 60.7 Å². The number of hydrogen-bond acceptors (Lipinski definition) is 8. The molecule has 0 aliphatic carbocycles. The number of rotatable bonds is 13. The maximum absolute atomic E-state index is 10.8. The van der Waals surface area contributed by atoms with Crippen molar-refractivity contribution >= 4 is 0 Å². The van der Waals surface area contributed by atoms with Gasteiger partial charge in [0.25, 0.3) is 0 Å². The first-order chi connectivity index (χ1) is 20.3. The van der Waals surface area contributed by atoms with Crippen molar-refractivity contribution in [2.24, 2.45) is 0 Å². The minimum Gasteiger partial charge on any atom is -0.508 e. The van der Waals surface area contributed by atoms with Gasteiger partial charge in [-0.1, -0.05) is 24.3 Å². The maximum Gasteiger partial charge on any atom is 0.203 e. The van der Waals surface area contributed by atoms with Gasteiger partial charge in [0.2, 0.25) is 11.5 Å². The Morgan fingerprint density at radius 3 is 1.02 bits per heavy atom. The minimum absolute atomic E-state index is 0.200. The van der Waals surface area contributed by atoms with Crippen molar-refractivity contribution in [3.05, 3.63) is 82.9 Å². The number of benzene rings is 4. The highest BCUT2D eigenvalue weighted by atomic mass is 16.5. The third-order valence-corrected chi connectivity index (χ3v) is 7.32. The highest BCUT2D eigenvalue weighted by Crippen LogP contribution is 2.40. The second-order valence-electron chi connectivity index (χ2n) is 9.75. The molecule has 0 bridgehead atoms. The number of phenols is 2. The average molecular weight is 575 g/mol. The molecule has 8 heteroatoms. The molecule has 0 unspecified atom stereocenters. The van der Waals surface area contributed by atoms with Gasteiger partial charge in [-0.3, -0.25) is 0 Å². The van der Waals surface area contributed by atoms with E-state index in [-0.39, 0.29) is 11.5 Å². The Hall–Kier alpha value is -4.72. The molecule has 0 aromatic heterocycles. The molecule has 0 aliphatic heterocycles. The number of aromatic hydroxyl groups is 2. The molecule has 0 radical (unpaired) electrons. The van der Waals surface area contributed by atoms with Crippen molar-refractivity contribution in [2.75, 3.05) is 42.7 Å². The van der Waals surface area contributed by atoms with Crippen LogP contribution >= 0.6 is 0 Å². The second kappa shape index (κ2) is 13.8. The third-order valence-electron chi connectivity index (χ3n) is 7.32. The molecule has 0 spiro atoms. The van der Waals surface area contributed by atoms with E-state index in [9.17, 15) is 10.2 Å². The SMILES string of the molecule is COc1cc(CCc2ccc(-c3ccc(CCc4cc(OC)c(OC)c(OC)c4)c(O)c3)cc2O)cc(OC)c1OC. The van der Waals surface area contributed by atoms with Crippen LogP contribution in [0.25, 0.3) is 11.1 Å². The van der Waals surface area contributed by atoms with Crippen LogP contribution in [0.1, 0.15) is 22.3 Å². The van der Waals surface area contributed by atoms with Gasteiger partial charge >= 0.3 is 0 Å². The van der Waals surface area contributed by atoms with Gasteiger partial charge in [-0.2, -0.15) is 0 Å². The van der Waals surface area contributed by atoms with Gasteiger partial charge in [0, 0.05) is 0 Å². The van der Waals surface area contributed by atoms with Gasteiger partial charge < -0.3 is 38.6 Å². The lowest BCUT2D eigenvalue weighted by Crippen LogP contribution is -1.99. The molecule has 0 amide bonds. The van der Waals surface area contributed by atoms with Gasteiger partial charge in [-0.15, -0.1) is 0 Å². The Morgan fingerprint density at radius 1 is 0.429 bits per heavy atom. The number of methoxy groups -OCH3 is 6. The summed E-state index contributed by atoms with van der Waals surface area (Å²) in [5.74, 6) is 3.88. The maximum atomic E-state index is 10.8. The van der Waals surface area contributed by atoms with E-state index in [1.54, 1.807) is 54.8 Å². The third kappa shape index (κ3) is 6.60. The zero-order valence-corrected chi connectivity index (χ0v) is 24.9. The Morgan fingerprint density at radius 2 is 0.762 bits per heavy atom. The lowest BCUT2D eigenvalue weighted by atomic mass is 9.96. The first-order valence-corrected chi connectivity index (χ1v) is 13.6. The first-order valence-electron chi connectivity index (χ1n) is 13.6. The molecule has 222 valence electrons. The van der Waals surface area contributed by atoms with Crippen molar-refractivity contribution < 1.29 is 38.6 Å². The Kier molecular flexibility index (Phi) is 9.91. The Balaban J connectivity index is 1.45. The highest BCUT2D eigenvalue weighted by Gasteiger charge is 2.16. The van der Waals surface area contributed by atoms with Crippen LogP contribution in [0.5, 0.6) is 46.0 Å². The molecular weight excluding hydrogens is 536 g/mol. The van der Waals surface area contributed by atoms with Crippen molar-refractivity contribution in [2.45, 2.75) is 25.7 Å². The van der Waals surface area contributed by atoms with Crippen LogP contribution in [0, 0.1) is 0 Å². The molecular formula is C34H38O8. The zero-order chi connectivity index (χ0) is 30.2. The van der Waals surface area contributed by atoms with Gasteiger partial charge in [-0.05, 0) is 95.5 Å². The van der Waals surface area contributed by atoms with E-state index in [0.29, 0.717) is 60.2 Å². The average Bonchev–Trinajstić information content (AvgIpc) is 3.02. The summed E-state index contributed by atoms with van der Waals surface area (Å²) in [5, 5.41) is 21.6. The number of phenolic OH excluding ortho intramolecular Hbond substituents is 2. The summed E-state index contributed by atoms with van der Waals surface area (Å²) in [6.07, 6.45) is 2.59. The molecule has 0 fully saturated rings. The monoisotopic (exact) mass is 574 g/mol. The Labute approximate surface area is 247 Å². The normalized spacial score (nSPS) is 10.7. The van der Waals surface area contributed by atoms with Gasteiger partial charge in [0.15, 0.2) is 23.0 Å². The molecule has 0 heterocycles. The summed E-state index contributed by atoms with van der Waals surface area (Å²) < 4.78 is 32.6. The van der Waals surface area contributed by atoms with Crippen LogP contribution in [0.3, 0.4) is 0 Å². The van der Waals surface area contributed by atoms with E-state index in [1.807, 2.05) is 48.5 Å². The van der Waals surface area contributed by atoms with E-state index < -0.39 is 0 Å². The van der Waals surface area contributed by atoms with Crippen molar-refractivity contribution in [1.82, 2.24) is 0 Å². The molecule has 4 rings (SSSR count). The van der Waals surface area contributed by atoms with Crippen LogP contribution in [-0.2, 0) is 25.7 Å². The van der Waals surface area contributed by atoms with Crippen LogP contribution < -0.4 is 28.4 Å². The van der Waals surface area contributed by atoms with E-state index >= 15 is 0 Å². The topological polar surface area (TPSA) is 95.8 Å². The van der Waals surface area contributed by atoms with Crippen molar-refractivity contribution in [1.29, 1.82) is 0 Å². The first kappa shape index (κ1) is 30.2. The van der Waals surface area contributed by atoms with Crippen molar-refractivity contribution in [3.8, 4) is 57.1 Å². The molecule has 42 heavy (non-hydrogen) atoms. The molecule has 0 atom stereocenters. The smallest absolute Gasteiger partial charge is 0.203 e. The summed E-state index contributed by atoms with van der Waals surface area (Å²) in [7, 11) is 9.50. The van der Waals surface area contributed by atoms with Gasteiger partial charge in [0.1, 0.15) is 11.5 Å². The molecule has 4 aromatic rings. The summed E-state index contributed by atoms with van der Waals surface area (Å²) in [5.41, 5.74) is 5.27. The zero-order valence-electron chi connectivity index (χ0n) is 24.9. The van der Waals surface area contributed by atoms with E-state index in [4.69, 9.17) is 28.4 Å². The van der Waals surface area contributed by atoms with E-state index in [0.717, 1.165) is 33.4 Å². The molecule has 8 nitrogen and oxygen atoms in total. The molecule has 0 saturated heterocycles. The lowest BCUT2D eigenvalue weighted by Gasteiger charge is -2.15.